The standard InChI is InChI=1S/C21H26N4O5S/c1-21(2,3)18-6-7-19(26)25(23-18)13-14-8-10-24(11-9-14)31(28,29)15-4-5-16-17(12-15)30-20(27)22-16/h4-7,12,14H,8-11,13H2,1-3H3,(H,22,27). The molecular formula is C21H26N4O5S. The number of hydrogen-bond acceptors (Lipinski definition) is 6. The van der Waals surface area contributed by atoms with E-state index in [1.165, 1.54) is 27.2 Å². The fourth-order valence-electron chi connectivity index (χ4n) is 3.79. The van der Waals surface area contributed by atoms with Gasteiger partial charge in [0.25, 0.3) is 5.56 Å². The number of aromatic nitrogens is 3. The third kappa shape index (κ3) is 4.35. The third-order valence-corrected chi connectivity index (χ3v) is 7.56. The molecule has 10 heteroatoms. The van der Waals surface area contributed by atoms with Gasteiger partial charge in [-0.15, -0.1) is 0 Å². The van der Waals surface area contributed by atoms with Crippen LogP contribution in [-0.2, 0) is 22.0 Å². The minimum atomic E-state index is -3.70. The van der Waals surface area contributed by atoms with Gasteiger partial charge in [0.15, 0.2) is 5.58 Å². The van der Waals surface area contributed by atoms with Crippen molar-refractivity contribution in [1.29, 1.82) is 0 Å². The molecular weight excluding hydrogens is 420 g/mol. The molecule has 1 N–H and O–H groups in total. The van der Waals surface area contributed by atoms with Crippen LogP contribution < -0.4 is 11.3 Å². The van der Waals surface area contributed by atoms with E-state index >= 15 is 0 Å². The summed E-state index contributed by atoms with van der Waals surface area (Å²) in [6.45, 7) is 7.32. The summed E-state index contributed by atoms with van der Waals surface area (Å²) in [4.78, 5) is 26.2. The summed E-state index contributed by atoms with van der Waals surface area (Å²) < 4.78 is 34.0. The SMILES string of the molecule is CC(C)(C)c1ccc(=O)n(CC2CCN(S(=O)(=O)c3ccc4[nH]c(=O)oc4c3)CC2)n1. The van der Waals surface area contributed by atoms with Crippen LogP contribution in [0, 0.1) is 5.92 Å². The third-order valence-electron chi connectivity index (χ3n) is 5.67. The Morgan fingerprint density at radius 2 is 1.84 bits per heavy atom. The lowest BCUT2D eigenvalue weighted by Crippen LogP contribution is -2.40. The number of H-pyrrole nitrogens is 1. The molecule has 0 saturated carbocycles. The highest BCUT2D eigenvalue weighted by molar-refractivity contribution is 7.89. The molecule has 3 heterocycles. The average Bonchev–Trinajstić information content (AvgIpc) is 3.08. The Labute approximate surface area is 179 Å². The molecule has 3 aromatic rings. The molecule has 0 spiro atoms. The van der Waals surface area contributed by atoms with Crippen LogP contribution in [0.3, 0.4) is 0 Å². The van der Waals surface area contributed by atoms with Gasteiger partial charge >= 0.3 is 5.76 Å². The Balaban J connectivity index is 1.47. The van der Waals surface area contributed by atoms with E-state index in [2.05, 4.69) is 10.1 Å². The number of nitrogens with one attached hydrogen (secondary N) is 1. The van der Waals surface area contributed by atoms with Crippen molar-refractivity contribution >= 4 is 21.1 Å². The van der Waals surface area contributed by atoms with Crippen LogP contribution in [0.5, 0.6) is 0 Å². The van der Waals surface area contributed by atoms with Crippen molar-refractivity contribution < 1.29 is 12.8 Å². The molecule has 0 radical (unpaired) electrons. The predicted octanol–water partition coefficient (Wildman–Crippen LogP) is 2.08. The summed E-state index contributed by atoms with van der Waals surface area (Å²) in [5.74, 6) is -0.457. The number of aromatic amines is 1. The molecule has 9 nitrogen and oxygen atoms in total. The zero-order valence-electron chi connectivity index (χ0n) is 17.8. The molecule has 31 heavy (non-hydrogen) atoms. The molecule has 1 saturated heterocycles. The number of nitrogens with zero attached hydrogens (tertiary/aromatic N) is 3. The van der Waals surface area contributed by atoms with E-state index in [9.17, 15) is 18.0 Å². The second-order valence-corrected chi connectivity index (χ2v) is 10.9. The Morgan fingerprint density at radius 3 is 2.52 bits per heavy atom. The van der Waals surface area contributed by atoms with E-state index in [-0.39, 0.29) is 27.4 Å². The quantitative estimate of drug-likeness (QED) is 0.655. The Bertz CT molecular complexity index is 1320. The van der Waals surface area contributed by atoms with Crippen molar-refractivity contribution in [2.75, 3.05) is 13.1 Å². The molecule has 1 aromatic carbocycles. The summed E-state index contributed by atoms with van der Waals surface area (Å²) in [5, 5.41) is 4.52. The highest BCUT2D eigenvalue weighted by atomic mass is 32.2. The maximum atomic E-state index is 13.0. The normalized spacial score (nSPS) is 16.7. The van der Waals surface area contributed by atoms with Crippen LogP contribution in [-0.4, -0.2) is 40.6 Å². The summed E-state index contributed by atoms with van der Waals surface area (Å²) >= 11 is 0. The molecule has 0 unspecified atom stereocenters. The van der Waals surface area contributed by atoms with Gasteiger partial charge in [-0.2, -0.15) is 9.40 Å². The first-order valence-corrected chi connectivity index (χ1v) is 11.7. The van der Waals surface area contributed by atoms with Gasteiger partial charge in [-0.1, -0.05) is 20.8 Å². The number of benzene rings is 1. The molecule has 0 amide bonds. The second-order valence-electron chi connectivity index (χ2n) is 9.01. The number of sulfonamides is 1. The largest absolute Gasteiger partial charge is 0.417 e. The number of piperidine rings is 1. The zero-order valence-corrected chi connectivity index (χ0v) is 18.6. The first-order valence-electron chi connectivity index (χ1n) is 10.3. The molecule has 166 valence electrons. The monoisotopic (exact) mass is 446 g/mol. The molecule has 1 aliphatic heterocycles. The lowest BCUT2D eigenvalue weighted by Gasteiger charge is -2.31. The minimum Gasteiger partial charge on any atom is -0.408 e. The maximum Gasteiger partial charge on any atom is 0.417 e. The highest BCUT2D eigenvalue weighted by Gasteiger charge is 2.30. The maximum absolute atomic E-state index is 13.0. The summed E-state index contributed by atoms with van der Waals surface area (Å²) in [6.07, 6.45) is 1.27. The number of hydrogen-bond donors (Lipinski definition) is 1. The van der Waals surface area contributed by atoms with Gasteiger partial charge in [0.1, 0.15) is 0 Å². The molecule has 0 aliphatic carbocycles. The highest BCUT2D eigenvalue weighted by Crippen LogP contribution is 2.26. The predicted molar refractivity (Wildman–Crippen MR) is 116 cm³/mol. The van der Waals surface area contributed by atoms with Gasteiger partial charge < -0.3 is 4.42 Å². The van der Waals surface area contributed by atoms with Gasteiger partial charge in [-0.05, 0) is 37.0 Å². The number of rotatable bonds is 4. The Morgan fingerprint density at radius 1 is 1.13 bits per heavy atom. The van der Waals surface area contributed by atoms with Crippen molar-refractivity contribution in [3.63, 3.8) is 0 Å². The molecule has 0 bridgehead atoms. The van der Waals surface area contributed by atoms with Crippen molar-refractivity contribution in [1.82, 2.24) is 19.1 Å². The van der Waals surface area contributed by atoms with Crippen LogP contribution in [0.25, 0.3) is 11.1 Å². The van der Waals surface area contributed by atoms with Gasteiger partial charge in [0.05, 0.1) is 16.1 Å². The van der Waals surface area contributed by atoms with Crippen LogP contribution in [0.15, 0.2) is 49.2 Å². The molecule has 4 rings (SSSR count). The zero-order chi connectivity index (χ0) is 22.4. The van der Waals surface area contributed by atoms with E-state index in [4.69, 9.17) is 4.42 Å². The summed E-state index contributed by atoms with van der Waals surface area (Å²) in [7, 11) is -3.70. The van der Waals surface area contributed by atoms with Gasteiger partial charge in [-0.3, -0.25) is 9.78 Å². The fraction of sp³-hybridized carbons (Fsp3) is 0.476. The Kier molecular flexibility index (Phi) is 5.38. The molecule has 2 aromatic heterocycles. The van der Waals surface area contributed by atoms with Crippen molar-refractivity contribution in [2.24, 2.45) is 5.92 Å². The van der Waals surface area contributed by atoms with Crippen LogP contribution >= 0.6 is 0 Å². The smallest absolute Gasteiger partial charge is 0.408 e. The van der Waals surface area contributed by atoms with E-state index in [1.54, 1.807) is 12.1 Å². The van der Waals surface area contributed by atoms with Crippen molar-refractivity contribution in [3.8, 4) is 0 Å². The first kappa shape index (κ1) is 21.5. The summed E-state index contributed by atoms with van der Waals surface area (Å²) in [5.41, 5.74) is 1.21. The topological polar surface area (TPSA) is 118 Å². The van der Waals surface area contributed by atoms with Gasteiger partial charge in [-0.25, -0.2) is 17.9 Å². The van der Waals surface area contributed by atoms with E-state index in [0.29, 0.717) is 38.0 Å². The fourth-order valence-corrected chi connectivity index (χ4v) is 5.28. The molecule has 1 fully saturated rings. The van der Waals surface area contributed by atoms with Crippen LogP contribution in [0.4, 0.5) is 0 Å². The van der Waals surface area contributed by atoms with Crippen molar-refractivity contribution in [2.45, 2.75) is 50.5 Å². The first-order chi connectivity index (χ1) is 14.5. The lowest BCUT2D eigenvalue weighted by atomic mass is 9.92. The number of oxazole rings is 1. The summed E-state index contributed by atoms with van der Waals surface area (Å²) in [6, 6.07) is 7.67. The second kappa shape index (κ2) is 7.76. The van der Waals surface area contributed by atoms with Crippen LogP contribution in [0.2, 0.25) is 0 Å². The van der Waals surface area contributed by atoms with E-state index < -0.39 is 15.8 Å². The minimum absolute atomic E-state index is 0.0944. The van der Waals surface area contributed by atoms with Gasteiger partial charge in [0.2, 0.25) is 10.0 Å². The molecule has 0 atom stereocenters. The molecule has 1 aliphatic rings. The van der Waals surface area contributed by atoms with E-state index in [0.717, 1.165) is 5.69 Å². The Hall–Kier alpha value is -2.72. The van der Waals surface area contributed by atoms with Crippen molar-refractivity contribution in [3.05, 3.63) is 56.9 Å². The number of fused-ring (bicyclic) bond motifs is 1. The van der Waals surface area contributed by atoms with Gasteiger partial charge in [0, 0.05) is 37.2 Å². The lowest BCUT2D eigenvalue weighted by molar-refractivity contribution is 0.243. The van der Waals surface area contributed by atoms with Crippen LogP contribution in [0.1, 0.15) is 39.3 Å². The van der Waals surface area contributed by atoms with E-state index in [1.807, 2.05) is 20.8 Å². The average molecular weight is 447 g/mol.